The summed E-state index contributed by atoms with van der Waals surface area (Å²) < 4.78 is 0. The van der Waals surface area contributed by atoms with Gasteiger partial charge in [-0.25, -0.2) is 4.98 Å². The van der Waals surface area contributed by atoms with E-state index in [0.29, 0.717) is 0 Å². The minimum atomic E-state index is 0.719. The van der Waals surface area contributed by atoms with E-state index in [1.807, 2.05) is 24.9 Å². The summed E-state index contributed by atoms with van der Waals surface area (Å²) >= 11 is 7.89. The van der Waals surface area contributed by atoms with Crippen molar-refractivity contribution in [2.24, 2.45) is 0 Å². The molecule has 1 rings (SSSR count). The predicted octanol–water partition coefficient (Wildman–Crippen LogP) is 2.25. The van der Waals surface area contributed by atoms with Crippen LogP contribution >= 0.6 is 23.4 Å². The van der Waals surface area contributed by atoms with E-state index in [1.54, 1.807) is 6.20 Å². The van der Waals surface area contributed by atoms with Crippen LogP contribution in [0, 0.1) is 0 Å². The Morgan fingerprint density at radius 2 is 2.31 bits per heavy atom. The fourth-order valence-corrected chi connectivity index (χ4v) is 1.97. The highest BCUT2D eigenvalue weighted by Gasteiger charge is 2.06. The van der Waals surface area contributed by atoms with E-state index in [9.17, 15) is 0 Å². The number of halogens is 1. The highest BCUT2D eigenvalue weighted by atomic mass is 35.5. The molecule has 1 aromatic rings. The van der Waals surface area contributed by atoms with Crippen LogP contribution in [0.15, 0.2) is 12.3 Å². The lowest BCUT2D eigenvalue weighted by atomic mass is 10.2. The van der Waals surface area contributed by atoms with E-state index in [0.717, 1.165) is 35.2 Å². The number of hydrogen-bond donors (Lipinski definition) is 1. The van der Waals surface area contributed by atoms with Crippen LogP contribution in [0.2, 0.25) is 5.02 Å². The summed E-state index contributed by atoms with van der Waals surface area (Å²) in [4.78, 5) is 6.48. The summed E-state index contributed by atoms with van der Waals surface area (Å²) in [5.41, 5.74) is 1.09. The van der Waals surface area contributed by atoms with E-state index >= 15 is 0 Å². The maximum absolute atomic E-state index is 6.06. The molecule has 0 aliphatic carbocycles. The number of thioether (sulfide) groups is 1. The molecule has 0 radical (unpaired) electrons. The molecule has 3 nitrogen and oxygen atoms in total. The maximum Gasteiger partial charge on any atom is 0.128 e. The van der Waals surface area contributed by atoms with Gasteiger partial charge in [-0.3, -0.25) is 0 Å². The number of nitrogens with zero attached hydrogens (tertiary/aromatic N) is 2. The Hall–Kier alpha value is -0.450. The van der Waals surface area contributed by atoms with Crippen LogP contribution in [0.5, 0.6) is 0 Å². The molecule has 0 unspecified atom stereocenters. The SMILES string of the molecule is CNCc1cc(N(C)CCSC)ncc1Cl. The van der Waals surface area contributed by atoms with E-state index in [2.05, 4.69) is 28.5 Å². The van der Waals surface area contributed by atoms with Crippen molar-refractivity contribution in [3.63, 3.8) is 0 Å². The number of nitrogens with one attached hydrogen (secondary N) is 1. The molecule has 1 N–H and O–H groups in total. The second-order valence-corrected chi connectivity index (χ2v) is 4.97. The van der Waals surface area contributed by atoms with Crippen molar-refractivity contribution in [2.75, 3.05) is 37.5 Å². The number of anilines is 1. The number of hydrogen-bond acceptors (Lipinski definition) is 4. The molecule has 0 aliphatic rings. The standard InChI is InChI=1S/C11H18ClN3S/c1-13-7-9-6-11(14-8-10(9)12)15(2)4-5-16-3/h6,8,13H,4-5,7H2,1-3H3. The van der Waals surface area contributed by atoms with Gasteiger partial charge in [0.05, 0.1) is 5.02 Å². The van der Waals surface area contributed by atoms with Gasteiger partial charge in [0.25, 0.3) is 0 Å². The van der Waals surface area contributed by atoms with Gasteiger partial charge in [0.2, 0.25) is 0 Å². The third kappa shape index (κ3) is 3.85. The van der Waals surface area contributed by atoms with Crippen LogP contribution in [-0.2, 0) is 6.54 Å². The first-order valence-corrected chi connectivity index (χ1v) is 6.95. The van der Waals surface area contributed by atoms with Crippen LogP contribution in [0.4, 0.5) is 5.82 Å². The molecule has 0 bridgehead atoms. The Bertz CT molecular complexity index is 333. The minimum absolute atomic E-state index is 0.719. The average Bonchev–Trinajstić information content (AvgIpc) is 2.29. The molecule has 0 atom stereocenters. The molecule has 1 heterocycles. The van der Waals surface area contributed by atoms with Gasteiger partial charge in [0.1, 0.15) is 5.82 Å². The normalized spacial score (nSPS) is 10.5. The Morgan fingerprint density at radius 1 is 1.56 bits per heavy atom. The zero-order valence-electron chi connectivity index (χ0n) is 9.96. The molecular formula is C11H18ClN3S. The molecule has 0 saturated heterocycles. The highest BCUT2D eigenvalue weighted by molar-refractivity contribution is 7.98. The lowest BCUT2D eigenvalue weighted by molar-refractivity contribution is 0.813. The second kappa shape index (κ2) is 6.99. The van der Waals surface area contributed by atoms with Crippen molar-refractivity contribution >= 4 is 29.2 Å². The number of pyridine rings is 1. The van der Waals surface area contributed by atoms with Crippen molar-refractivity contribution in [3.8, 4) is 0 Å². The maximum atomic E-state index is 6.06. The zero-order valence-corrected chi connectivity index (χ0v) is 11.5. The fourth-order valence-electron chi connectivity index (χ4n) is 1.35. The van der Waals surface area contributed by atoms with Crippen molar-refractivity contribution in [1.29, 1.82) is 0 Å². The summed E-state index contributed by atoms with van der Waals surface area (Å²) in [6.45, 7) is 1.76. The molecule has 16 heavy (non-hydrogen) atoms. The van der Waals surface area contributed by atoms with E-state index in [1.165, 1.54) is 0 Å². The second-order valence-electron chi connectivity index (χ2n) is 3.58. The van der Waals surface area contributed by atoms with Gasteiger partial charge in [-0.1, -0.05) is 11.6 Å². The zero-order chi connectivity index (χ0) is 12.0. The van der Waals surface area contributed by atoms with Crippen LogP contribution in [0.25, 0.3) is 0 Å². The third-order valence-corrected chi connectivity index (χ3v) is 3.24. The summed E-state index contributed by atoms with van der Waals surface area (Å²) in [6, 6.07) is 2.04. The van der Waals surface area contributed by atoms with Crippen molar-refractivity contribution in [1.82, 2.24) is 10.3 Å². The Kier molecular flexibility index (Phi) is 5.95. The molecule has 0 amide bonds. The third-order valence-electron chi connectivity index (χ3n) is 2.31. The first-order chi connectivity index (χ1) is 7.69. The average molecular weight is 260 g/mol. The van der Waals surface area contributed by atoms with Crippen molar-refractivity contribution < 1.29 is 0 Å². The highest BCUT2D eigenvalue weighted by Crippen LogP contribution is 2.19. The van der Waals surface area contributed by atoms with Crippen LogP contribution in [0.3, 0.4) is 0 Å². The molecule has 0 fully saturated rings. The first-order valence-electron chi connectivity index (χ1n) is 5.18. The Balaban J connectivity index is 2.76. The summed E-state index contributed by atoms with van der Waals surface area (Å²) in [6.07, 6.45) is 3.83. The van der Waals surface area contributed by atoms with Crippen LogP contribution in [-0.4, -0.2) is 37.6 Å². The van der Waals surface area contributed by atoms with Crippen LogP contribution < -0.4 is 10.2 Å². The number of rotatable bonds is 6. The molecular weight excluding hydrogens is 242 g/mol. The smallest absolute Gasteiger partial charge is 0.128 e. The Labute approximate surface area is 107 Å². The van der Waals surface area contributed by atoms with Crippen LogP contribution in [0.1, 0.15) is 5.56 Å². The van der Waals surface area contributed by atoms with Gasteiger partial charge in [-0.2, -0.15) is 11.8 Å². The van der Waals surface area contributed by atoms with Gasteiger partial charge >= 0.3 is 0 Å². The molecule has 0 spiro atoms. The van der Waals surface area contributed by atoms with Gasteiger partial charge in [-0.05, 0) is 24.9 Å². The molecule has 0 aromatic carbocycles. The summed E-state index contributed by atoms with van der Waals surface area (Å²) in [5, 5.41) is 3.82. The quantitative estimate of drug-likeness (QED) is 0.848. The lowest BCUT2D eigenvalue weighted by Crippen LogP contribution is -2.21. The molecule has 5 heteroatoms. The summed E-state index contributed by atoms with van der Waals surface area (Å²) in [7, 11) is 3.96. The molecule has 1 aromatic heterocycles. The first kappa shape index (κ1) is 13.6. The van der Waals surface area contributed by atoms with Crippen molar-refractivity contribution in [2.45, 2.75) is 6.54 Å². The minimum Gasteiger partial charge on any atom is -0.359 e. The topological polar surface area (TPSA) is 28.2 Å². The predicted molar refractivity (Wildman–Crippen MR) is 73.7 cm³/mol. The Morgan fingerprint density at radius 3 is 2.94 bits per heavy atom. The van der Waals surface area contributed by atoms with Crippen molar-refractivity contribution in [3.05, 3.63) is 22.8 Å². The number of aromatic nitrogens is 1. The monoisotopic (exact) mass is 259 g/mol. The van der Waals surface area contributed by atoms with Gasteiger partial charge in [0.15, 0.2) is 0 Å². The van der Waals surface area contributed by atoms with Gasteiger partial charge in [-0.15, -0.1) is 0 Å². The molecule has 0 saturated carbocycles. The summed E-state index contributed by atoms with van der Waals surface area (Å²) in [5.74, 6) is 2.08. The van der Waals surface area contributed by atoms with E-state index in [-0.39, 0.29) is 0 Å². The molecule has 90 valence electrons. The molecule has 0 aliphatic heterocycles. The van der Waals surface area contributed by atoms with Gasteiger partial charge < -0.3 is 10.2 Å². The lowest BCUT2D eigenvalue weighted by Gasteiger charge is -2.18. The van der Waals surface area contributed by atoms with Gasteiger partial charge in [0, 0.05) is 32.1 Å². The van der Waals surface area contributed by atoms with E-state index in [4.69, 9.17) is 11.6 Å². The fraction of sp³-hybridized carbons (Fsp3) is 0.545. The van der Waals surface area contributed by atoms with E-state index < -0.39 is 0 Å². The largest absolute Gasteiger partial charge is 0.359 e.